The van der Waals surface area contributed by atoms with Crippen LogP contribution in [0.25, 0.3) is 0 Å². The lowest BCUT2D eigenvalue weighted by Crippen LogP contribution is -2.24. The molecule has 0 saturated carbocycles. The number of para-hydroxylation sites is 1. The highest BCUT2D eigenvalue weighted by Gasteiger charge is 2.05. The standard InChI is InChI=1S/C17H21N3O3.HI/c1-21-14-8-9-16(22-2)15(12-14)20-17(18)19-10-11-23-13-6-4-3-5-7-13;/h3-9,12H,10-11H2,1-2H3,(H3,18,19,20);1H. The number of nitrogens with one attached hydrogen (secondary N) is 1. The fourth-order valence-electron chi connectivity index (χ4n) is 1.94. The number of methoxy groups -OCH3 is 2. The molecule has 0 heterocycles. The predicted molar refractivity (Wildman–Crippen MR) is 107 cm³/mol. The maximum absolute atomic E-state index is 5.89. The Morgan fingerprint density at radius 3 is 2.46 bits per heavy atom. The van der Waals surface area contributed by atoms with Gasteiger partial charge in [0.25, 0.3) is 0 Å². The molecule has 0 spiro atoms. The molecule has 7 heteroatoms. The summed E-state index contributed by atoms with van der Waals surface area (Å²) in [4.78, 5) is 4.23. The molecule has 0 radical (unpaired) electrons. The minimum absolute atomic E-state index is 0. The Labute approximate surface area is 159 Å². The molecule has 24 heavy (non-hydrogen) atoms. The molecule has 3 N–H and O–H groups in total. The summed E-state index contributed by atoms with van der Waals surface area (Å²) >= 11 is 0. The van der Waals surface area contributed by atoms with Gasteiger partial charge in [-0.3, -0.25) is 0 Å². The van der Waals surface area contributed by atoms with E-state index in [1.54, 1.807) is 26.4 Å². The third-order valence-corrected chi connectivity index (χ3v) is 3.05. The topological polar surface area (TPSA) is 78.1 Å². The number of halogens is 1. The lowest BCUT2D eigenvalue weighted by atomic mass is 10.2. The van der Waals surface area contributed by atoms with E-state index in [2.05, 4.69) is 10.3 Å². The van der Waals surface area contributed by atoms with E-state index in [-0.39, 0.29) is 29.9 Å². The van der Waals surface area contributed by atoms with Gasteiger partial charge in [0.2, 0.25) is 0 Å². The van der Waals surface area contributed by atoms with Gasteiger partial charge in [-0.15, -0.1) is 24.0 Å². The summed E-state index contributed by atoms with van der Waals surface area (Å²) in [5.74, 6) is 2.45. The zero-order chi connectivity index (χ0) is 16.5. The van der Waals surface area contributed by atoms with Gasteiger partial charge in [0, 0.05) is 6.07 Å². The average molecular weight is 443 g/mol. The number of hydrogen-bond donors (Lipinski definition) is 2. The van der Waals surface area contributed by atoms with Crippen LogP contribution in [0, 0.1) is 0 Å². The van der Waals surface area contributed by atoms with Crippen LogP contribution in [0.15, 0.2) is 53.5 Å². The molecular weight excluding hydrogens is 421 g/mol. The van der Waals surface area contributed by atoms with Crippen LogP contribution in [-0.4, -0.2) is 33.3 Å². The van der Waals surface area contributed by atoms with Crippen molar-refractivity contribution in [1.82, 2.24) is 0 Å². The summed E-state index contributed by atoms with van der Waals surface area (Å²) in [6.45, 7) is 0.891. The first-order valence-electron chi connectivity index (χ1n) is 7.19. The minimum atomic E-state index is 0. The average Bonchev–Trinajstić information content (AvgIpc) is 2.59. The second kappa shape index (κ2) is 10.6. The van der Waals surface area contributed by atoms with Gasteiger partial charge < -0.3 is 25.3 Å². The summed E-state index contributed by atoms with van der Waals surface area (Å²) in [7, 11) is 3.19. The molecule has 0 fully saturated rings. The molecule has 0 amide bonds. The minimum Gasteiger partial charge on any atom is -0.497 e. The van der Waals surface area contributed by atoms with E-state index in [1.807, 2.05) is 36.4 Å². The zero-order valence-corrected chi connectivity index (χ0v) is 16.0. The number of aliphatic imine (C=N–C) groups is 1. The molecule has 2 aromatic carbocycles. The molecule has 0 aliphatic carbocycles. The normalized spacial score (nSPS) is 10.5. The molecule has 6 nitrogen and oxygen atoms in total. The van der Waals surface area contributed by atoms with Gasteiger partial charge in [0.05, 0.1) is 26.5 Å². The maximum atomic E-state index is 5.89. The molecule has 0 bridgehead atoms. The first-order valence-corrected chi connectivity index (χ1v) is 7.19. The summed E-state index contributed by atoms with van der Waals surface area (Å²) in [5, 5.41) is 3.00. The Morgan fingerprint density at radius 1 is 1.04 bits per heavy atom. The molecule has 0 aliphatic rings. The molecule has 0 aliphatic heterocycles. The molecular formula is C17H22IN3O3. The number of guanidine groups is 1. The zero-order valence-electron chi connectivity index (χ0n) is 13.7. The van der Waals surface area contributed by atoms with E-state index in [0.29, 0.717) is 30.3 Å². The van der Waals surface area contributed by atoms with Crippen molar-refractivity contribution in [3.63, 3.8) is 0 Å². The number of benzene rings is 2. The highest BCUT2D eigenvalue weighted by molar-refractivity contribution is 14.0. The van der Waals surface area contributed by atoms with Gasteiger partial charge in [-0.2, -0.15) is 0 Å². The van der Waals surface area contributed by atoms with Crippen LogP contribution in [0.1, 0.15) is 0 Å². The highest BCUT2D eigenvalue weighted by atomic mass is 127. The highest BCUT2D eigenvalue weighted by Crippen LogP contribution is 2.28. The van der Waals surface area contributed by atoms with Gasteiger partial charge in [-0.05, 0) is 24.3 Å². The molecule has 2 rings (SSSR count). The first kappa shape index (κ1) is 19.9. The third kappa shape index (κ3) is 6.15. The summed E-state index contributed by atoms with van der Waals surface area (Å²) in [6, 6.07) is 15.0. The molecule has 0 atom stereocenters. The van der Waals surface area contributed by atoms with E-state index < -0.39 is 0 Å². The maximum Gasteiger partial charge on any atom is 0.193 e. The van der Waals surface area contributed by atoms with E-state index in [1.165, 1.54) is 0 Å². The Balaban J connectivity index is 0.00000288. The van der Waals surface area contributed by atoms with Gasteiger partial charge >= 0.3 is 0 Å². The number of nitrogens with zero attached hydrogens (tertiary/aromatic N) is 1. The Bertz CT molecular complexity index is 651. The van der Waals surface area contributed by atoms with Crippen LogP contribution in [0.4, 0.5) is 5.69 Å². The summed E-state index contributed by atoms with van der Waals surface area (Å²) < 4.78 is 16.0. The second-order valence-electron chi connectivity index (χ2n) is 4.62. The van der Waals surface area contributed by atoms with Gasteiger partial charge in [-0.25, -0.2) is 4.99 Å². The number of rotatable bonds is 7. The van der Waals surface area contributed by atoms with E-state index in [9.17, 15) is 0 Å². The van der Waals surface area contributed by atoms with Crippen molar-refractivity contribution in [2.24, 2.45) is 10.7 Å². The Kier molecular flexibility index (Phi) is 8.77. The lowest BCUT2D eigenvalue weighted by molar-refractivity contribution is 0.329. The quantitative estimate of drug-likeness (QED) is 0.298. The number of hydrogen-bond acceptors (Lipinski definition) is 4. The van der Waals surface area contributed by atoms with E-state index in [4.69, 9.17) is 19.9 Å². The Hall–Kier alpha value is -2.16. The van der Waals surface area contributed by atoms with Crippen molar-refractivity contribution in [3.8, 4) is 17.2 Å². The third-order valence-electron chi connectivity index (χ3n) is 3.05. The van der Waals surface area contributed by atoms with Crippen LogP contribution in [0.3, 0.4) is 0 Å². The van der Waals surface area contributed by atoms with Crippen molar-refractivity contribution in [2.45, 2.75) is 0 Å². The van der Waals surface area contributed by atoms with Crippen LogP contribution < -0.4 is 25.3 Å². The van der Waals surface area contributed by atoms with Crippen molar-refractivity contribution >= 4 is 35.6 Å². The molecule has 2 aromatic rings. The van der Waals surface area contributed by atoms with Crippen LogP contribution in [0.5, 0.6) is 17.2 Å². The molecule has 0 saturated heterocycles. The lowest BCUT2D eigenvalue weighted by Gasteiger charge is -2.12. The van der Waals surface area contributed by atoms with Crippen LogP contribution in [-0.2, 0) is 0 Å². The number of anilines is 1. The summed E-state index contributed by atoms with van der Waals surface area (Å²) in [5.41, 5.74) is 6.58. The van der Waals surface area contributed by atoms with E-state index in [0.717, 1.165) is 5.75 Å². The second-order valence-corrected chi connectivity index (χ2v) is 4.62. The largest absolute Gasteiger partial charge is 0.497 e. The molecule has 0 unspecified atom stereocenters. The molecule has 130 valence electrons. The fourth-order valence-corrected chi connectivity index (χ4v) is 1.94. The van der Waals surface area contributed by atoms with Gasteiger partial charge in [-0.1, -0.05) is 18.2 Å². The smallest absolute Gasteiger partial charge is 0.193 e. The van der Waals surface area contributed by atoms with Crippen molar-refractivity contribution in [3.05, 3.63) is 48.5 Å². The first-order chi connectivity index (χ1) is 11.2. The molecule has 0 aromatic heterocycles. The van der Waals surface area contributed by atoms with Crippen LogP contribution >= 0.6 is 24.0 Å². The van der Waals surface area contributed by atoms with Crippen molar-refractivity contribution in [2.75, 3.05) is 32.7 Å². The Morgan fingerprint density at radius 2 is 1.79 bits per heavy atom. The SMILES string of the molecule is COc1ccc(OC)c(NC(N)=NCCOc2ccccc2)c1.I. The van der Waals surface area contributed by atoms with Crippen molar-refractivity contribution in [1.29, 1.82) is 0 Å². The number of nitrogens with two attached hydrogens (primary N) is 1. The number of ether oxygens (including phenoxy) is 3. The fraction of sp³-hybridized carbons (Fsp3) is 0.235. The summed E-state index contributed by atoms with van der Waals surface area (Å²) in [6.07, 6.45) is 0. The monoisotopic (exact) mass is 443 g/mol. The van der Waals surface area contributed by atoms with Crippen molar-refractivity contribution < 1.29 is 14.2 Å². The van der Waals surface area contributed by atoms with E-state index >= 15 is 0 Å². The van der Waals surface area contributed by atoms with Crippen LogP contribution in [0.2, 0.25) is 0 Å². The van der Waals surface area contributed by atoms with Gasteiger partial charge in [0.1, 0.15) is 23.9 Å². The predicted octanol–water partition coefficient (Wildman–Crippen LogP) is 3.13. The van der Waals surface area contributed by atoms with Gasteiger partial charge in [0.15, 0.2) is 5.96 Å².